The van der Waals surface area contributed by atoms with E-state index in [0.29, 0.717) is 12.5 Å². The summed E-state index contributed by atoms with van der Waals surface area (Å²) in [4.78, 5) is 6.60. The van der Waals surface area contributed by atoms with E-state index in [-0.39, 0.29) is 6.61 Å². The molecule has 4 rings (SSSR count). The number of nitrogens with zero attached hydrogens (tertiary/aromatic N) is 7. The van der Waals surface area contributed by atoms with Gasteiger partial charge >= 0.3 is 0 Å². The number of fused-ring (bicyclic) bond motifs is 1. The number of anilines is 1. The molecule has 0 amide bonds. The maximum atomic E-state index is 9.15. The lowest BCUT2D eigenvalue weighted by Gasteiger charge is -2.32. The maximum absolute atomic E-state index is 9.15. The number of aliphatic hydroxyl groups excluding tert-OH is 1. The van der Waals surface area contributed by atoms with Crippen molar-refractivity contribution >= 4 is 11.5 Å². The normalized spacial score (nSPS) is 16.2. The van der Waals surface area contributed by atoms with Gasteiger partial charge in [0.2, 0.25) is 0 Å². The highest BCUT2D eigenvalue weighted by molar-refractivity contribution is 5.45. The first-order chi connectivity index (χ1) is 11.7. The second-order valence-corrected chi connectivity index (χ2v) is 6.16. The van der Waals surface area contributed by atoms with Crippen molar-refractivity contribution in [1.82, 2.24) is 29.6 Å². The fourth-order valence-corrected chi connectivity index (χ4v) is 3.42. The third kappa shape index (κ3) is 2.73. The summed E-state index contributed by atoms with van der Waals surface area (Å²) in [6.45, 7) is 4.44. The highest BCUT2D eigenvalue weighted by Gasteiger charge is 2.24. The molecule has 0 aromatic carbocycles. The second kappa shape index (κ2) is 6.20. The van der Waals surface area contributed by atoms with Crippen LogP contribution in [-0.2, 0) is 6.54 Å². The van der Waals surface area contributed by atoms with Crippen LogP contribution in [0.2, 0.25) is 0 Å². The predicted molar refractivity (Wildman–Crippen MR) is 89.0 cm³/mol. The summed E-state index contributed by atoms with van der Waals surface area (Å²) in [7, 11) is 0. The molecular weight excluding hydrogens is 306 g/mol. The number of hydrogen-bond acceptors (Lipinski definition) is 6. The Morgan fingerprint density at radius 1 is 1.17 bits per heavy atom. The highest BCUT2D eigenvalue weighted by atomic mass is 16.3. The second-order valence-electron chi connectivity index (χ2n) is 6.16. The molecule has 8 nitrogen and oxygen atoms in total. The molecule has 4 heterocycles. The Kier molecular flexibility index (Phi) is 3.89. The topological polar surface area (TPSA) is 84.4 Å². The summed E-state index contributed by atoms with van der Waals surface area (Å²) < 4.78 is 3.52. The van der Waals surface area contributed by atoms with Crippen molar-refractivity contribution < 1.29 is 5.11 Å². The summed E-state index contributed by atoms with van der Waals surface area (Å²) >= 11 is 0. The van der Waals surface area contributed by atoms with Crippen molar-refractivity contribution in [2.24, 2.45) is 0 Å². The van der Waals surface area contributed by atoms with Crippen LogP contribution in [0.5, 0.6) is 0 Å². The van der Waals surface area contributed by atoms with E-state index in [9.17, 15) is 0 Å². The molecule has 0 atom stereocenters. The number of aliphatic hydroxyl groups is 1. The molecule has 1 aliphatic heterocycles. The van der Waals surface area contributed by atoms with Crippen molar-refractivity contribution in [3.05, 3.63) is 35.9 Å². The molecule has 1 N–H and O–H groups in total. The van der Waals surface area contributed by atoms with Crippen LogP contribution in [0.1, 0.15) is 30.3 Å². The van der Waals surface area contributed by atoms with Crippen molar-refractivity contribution in [3.63, 3.8) is 0 Å². The summed E-state index contributed by atoms with van der Waals surface area (Å²) in [5, 5.41) is 22.3. The van der Waals surface area contributed by atoms with Gasteiger partial charge in [0.05, 0.1) is 13.2 Å². The van der Waals surface area contributed by atoms with E-state index in [0.717, 1.165) is 43.2 Å². The molecule has 1 saturated heterocycles. The molecule has 0 aliphatic carbocycles. The maximum Gasteiger partial charge on any atom is 0.176 e. The zero-order valence-electron chi connectivity index (χ0n) is 13.7. The van der Waals surface area contributed by atoms with E-state index in [2.05, 4.69) is 31.2 Å². The highest BCUT2D eigenvalue weighted by Crippen LogP contribution is 2.29. The van der Waals surface area contributed by atoms with E-state index in [1.807, 2.05) is 29.9 Å². The Labute approximate surface area is 139 Å². The quantitative estimate of drug-likeness (QED) is 0.770. The van der Waals surface area contributed by atoms with Crippen molar-refractivity contribution in [2.75, 3.05) is 24.6 Å². The van der Waals surface area contributed by atoms with Crippen LogP contribution in [0.3, 0.4) is 0 Å². The number of hydrogen-bond donors (Lipinski definition) is 1. The van der Waals surface area contributed by atoms with Gasteiger partial charge in [-0.05, 0) is 38.0 Å². The average Bonchev–Trinajstić information content (AvgIpc) is 3.20. The van der Waals surface area contributed by atoms with Crippen molar-refractivity contribution in [1.29, 1.82) is 0 Å². The molecule has 3 aromatic rings. The van der Waals surface area contributed by atoms with Gasteiger partial charge in [0.25, 0.3) is 0 Å². The first-order valence-electron chi connectivity index (χ1n) is 8.33. The van der Waals surface area contributed by atoms with Gasteiger partial charge < -0.3 is 10.0 Å². The zero-order valence-corrected chi connectivity index (χ0v) is 13.7. The van der Waals surface area contributed by atoms with Gasteiger partial charge in [-0.15, -0.1) is 14.8 Å². The van der Waals surface area contributed by atoms with E-state index in [1.165, 1.54) is 5.69 Å². The largest absolute Gasteiger partial charge is 0.394 e. The lowest BCUT2D eigenvalue weighted by molar-refractivity contribution is 0.265. The smallest absolute Gasteiger partial charge is 0.176 e. The fourth-order valence-electron chi connectivity index (χ4n) is 3.42. The molecule has 1 aliphatic rings. The first-order valence-corrected chi connectivity index (χ1v) is 8.33. The minimum absolute atomic E-state index is 0.120. The van der Waals surface area contributed by atoms with Crippen LogP contribution >= 0.6 is 0 Å². The van der Waals surface area contributed by atoms with Gasteiger partial charge in [0, 0.05) is 30.9 Å². The van der Waals surface area contributed by atoms with Crippen LogP contribution in [-0.4, -0.2) is 54.4 Å². The van der Waals surface area contributed by atoms with Gasteiger partial charge in [-0.2, -0.15) is 5.10 Å². The SMILES string of the molecule is Cc1nc2ccc(N3CCC(c4ccnn4CCO)CC3)nn2n1. The molecule has 24 heavy (non-hydrogen) atoms. The monoisotopic (exact) mass is 327 g/mol. The Balaban J connectivity index is 1.47. The first kappa shape index (κ1) is 15.1. The molecule has 0 radical (unpaired) electrons. The minimum atomic E-state index is 0.120. The number of aromatic nitrogens is 6. The minimum Gasteiger partial charge on any atom is -0.394 e. The Morgan fingerprint density at radius 2 is 2.00 bits per heavy atom. The zero-order chi connectivity index (χ0) is 16.5. The number of rotatable bonds is 4. The van der Waals surface area contributed by atoms with Crippen LogP contribution in [0, 0.1) is 6.92 Å². The number of piperidine rings is 1. The molecule has 126 valence electrons. The van der Waals surface area contributed by atoms with Crippen molar-refractivity contribution in [3.8, 4) is 0 Å². The van der Waals surface area contributed by atoms with Crippen LogP contribution in [0.15, 0.2) is 24.4 Å². The molecule has 0 unspecified atom stereocenters. The van der Waals surface area contributed by atoms with Gasteiger partial charge in [0.1, 0.15) is 5.82 Å². The average molecular weight is 327 g/mol. The van der Waals surface area contributed by atoms with E-state index < -0.39 is 0 Å². The van der Waals surface area contributed by atoms with E-state index in [1.54, 1.807) is 4.63 Å². The molecule has 1 fully saturated rings. The number of aryl methyl sites for hydroxylation is 1. The predicted octanol–water partition coefficient (Wildman–Crippen LogP) is 1.01. The van der Waals surface area contributed by atoms with Crippen LogP contribution in [0.25, 0.3) is 5.65 Å². The van der Waals surface area contributed by atoms with Gasteiger partial charge in [-0.3, -0.25) is 4.68 Å². The Morgan fingerprint density at radius 3 is 2.79 bits per heavy atom. The van der Waals surface area contributed by atoms with Crippen molar-refractivity contribution in [2.45, 2.75) is 32.2 Å². The van der Waals surface area contributed by atoms with E-state index in [4.69, 9.17) is 5.11 Å². The lowest BCUT2D eigenvalue weighted by atomic mass is 9.93. The molecule has 0 saturated carbocycles. The standard InChI is InChI=1S/C16H21N7O/c1-12-18-15-2-3-16(20-23(15)19-12)21-8-5-13(6-9-21)14-4-7-17-22(14)10-11-24/h2-4,7,13,24H,5-6,8-11H2,1H3. The summed E-state index contributed by atoms with van der Waals surface area (Å²) in [6.07, 6.45) is 3.92. The van der Waals surface area contributed by atoms with Crippen LogP contribution < -0.4 is 4.90 Å². The lowest BCUT2D eigenvalue weighted by Crippen LogP contribution is -2.34. The van der Waals surface area contributed by atoms with E-state index >= 15 is 0 Å². The molecule has 8 heteroatoms. The fraction of sp³-hybridized carbons (Fsp3) is 0.500. The van der Waals surface area contributed by atoms with Gasteiger partial charge in [-0.1, -0.05) is 0 Å². The molecule has 0 bridgehead atoms. The third-order valence-electron chi connectivity index (χ3n) is 4.60. The molecule has 3 aromatic heterocycles. The Hall–Kier alpha value is -2.48. The summed E-state index contributed by atoms with van der Waals surface area (Å²) in [5.41, 5.74) is 2.00. The van der Waals surface area contributed by atoms with Crippen LogP contribution in [0.4, 0.5) is 5.82 Å². The Bertz CT molecular complexity index is 832. The molecular formula is C16H21N7O. The summed E-state index contributed by atoms with van der Waals surface area (Å²) in [5.74, 6) is 2.15. The summed E-state index contributed by atoms with van der Waals surface area (Å²) in [6, 6.07) is 6.04. The third-order valence-corrected chi connectivity index (χ3v) is 4.60. The van der Waals surface area contributed by atoms with Gasteiger partial charge in [0.15, 0.2) is 11.5 Å². The van der Waals surface area contributed by atoms with Gasteiger partial charge in [-0.25, -0.2) is 4.98 Å². The molecule has 0 spiro atoms.